The molecule has 2 heterocycles. The summed E-state index contributed by atoms with van der Waals surface area (Å²) in [7, 11) is 0. The quantitative estimate of drug-likeness (QED) is 0.740. The molecule has 0 aliphatic carbocycles. The number of hydrogen-bond acceptors (Lipinski definition) is 6. The third-order valence-corrected chi connectivity index (χ3v) is 3.06. The Hall–Kier alpha value is -0.720. The van der Waals surface area contributed by atoms with E-state index >= 15 is 0 Å². The van der Waals surface area contributed by atoms with Crippen LogP contribution in [0.4, 0.5) is 0 Å². The highest BCUT2D eigenvalue weighted by molar-refractivity contribution is 8.00. The molecule has 2 rings (SSSR count). The second-order valence-corrected chi connectivity index (χ2v) is 4.47. The standard InChI is InChI=1S/C6H3ClN4S2/c7-4-1-5(9-2-8-4)13-6-11-10-3-12-6/h1-3H. The fraction of sp³-hybridized carbons (Fsp3) is 0. The van der Waals surface area contributed by atoms with E-state index in [1.54, 1.807) is 11.6 Å². The molecule has 0 amide bonds. The van der Waals surface area contributed by atoms with Gasteiger partial charge >= 0.3 is 0 Å². The van der Waals surface area contributed by atoms with Crippen LogP contribution in [0.1, 0.15) is 0 Å². The van der Waals surface area contributed by atoms with Crippen molar-refractivity contribution >= 4 is 34.7 Å². The molecule has 0 unspecified atom stereocenters. The fourth-order valence-corrected chi connectivity index (χ4v) is 2.28. The van der Waals surface area contributed by atoms with Crippen molar-refractivity contribution in [2.45, 2.75) is 9.37 Å². The Morgan fingerprint density at radius 2 is 2.31 bits per heavy atom. The molecule has 0 spiro atoms. The Balaban J connectivity index is 2.19. The summed E-state index contributed by atoms with van der Waals surface area (Å²) in [6.45, 7) is 0. The van der Waals surface area contributed by atoms with Gasteiger partial charge in [-0.2, -0.15) is 0 Å². The van der Waals surface area contributed by atoms with Crippen LogP contribution in [0.15, 0.2) is 27.3 Å². The van der Waals surface area contributed by atoms with Crippen LogP contribution in [0.2, 0.25) is 5.15 Å². The van der Waals surface area contributed by atoms with Crippen molar-refractivity contribution in [2.24, 2.45) is 0 Å². The molecule has 0 saturated heterocycles. The Labute approximate surface area is 87.4 Å². The van der Waals surface area contributed by atoms with Crippen molar-refractivity contribution < 1.29 is 0 Å². The summed E-state index contributed by atoms with van der Waals surface area (Å²) in [5.41, 5.74) is 1.67. The minimum absolute atomic E-state index is 0.432. The molecule has 0 radical (unpaired) electrons. The molecule has 0 aliphatic rings. The van der Waals surface area contributed by atoms with Crippen LogP contribution < -0.4 is 0 Å². The molecule has 2 aromatic rings. The molecular weight excluding hydrogens is 228 g/mol. The van der Waals surface area contributed by atoms with Gasteiger partial charge in [0.2, 0.25) is 0 Å². The van der Waals surface area contributed by atoms with Gasteiger partial charge in [-0.25, -0.2) is 9.97 Å². The second-order valence-electron chi connectivity index (χ2n) is 1.99. The van der Waals surface area contributed by atoms with Crippen LogP contribution >= 0.6 is 34.7 Å². The average molecular weight is 231 g/mol. The lowest BCUT2D eigenvalue weighted by molar-refractivity contribution is 0.999. The van der Waals surface area contributed by atoms with Crippen molar-refractivity contribution in [3.05, 3.63) is 23.1 Å². The van der Waals surface area contributed by atoms with Gasteiger partial charge in [0.1, 0.15) is 22.0 Å². The number of aromatic nitrogens is 4. The number of nitrogens with zero attached hydrogens (tertiary/aromatic N) is 4. The number of hydrogen-bond donors (Lipinski definition) is 0. The van der Waals surface area contributed by atoms with Gasteiger partial charge < -0.3 is 0 Å². The molecule has 0 atom stereocenters. The van der Waals surface area contributed by atoms with Gasteiger partial charge in [-0.15, -0.1) is 10.2 Å². The smallest absolute Gasteiger partial charge is 0.180 e. The summed E-state index contributed by atoms with van der Waals surface area (Å²) >= 11 is 8.57. The highest BCUT2D eigenvalue weighted by atomic mass is 35.5. The van der Waals surface area contributed by atoms with E-state index in [1.165, 1.54) is 29.4 Å². The summed E-state index contributed by atoms with van der Waals surface area (Å²) in [5.74, 6) is 0. The normalized spacial score (nSPS) is 10.2. The van der Waals surface area contributed by atoms with Gasteiger partial charge in [0, 0.05) is 6.07 Å². The molecule has 4 nitrogen and oxygen atoms in total. The largest absolute Gasteiger partial charge is 0.229 e. The van der Waals surface area contributed by atoms with Crippen molar-refractivity contribution in [3.8, 4) is 0 Å². The molecular formula is C6H3ClN4S2. The predicted octanol–water partition coefficient (Wildman–Crippen LogP) is 2.13. The minimum Gasteiger partial charge on any atom is -0.229 e. The van der Waals surface area contributed by atoms with Gasteiger partial charge in [0.05, 0.1) is 0 Å². The molecule has 0 aromatic carbocycles. The van der Waals surface area contributed by atoms with Gasteiger partial charge in [0.25, 0.3) is 0 Å². The Morgan fingerprint density at radius 3 is 3.00 bits per heavy atom. The first-order chi connectivity index (χ1) is 6.34. The Bertz CT molecular complexity index is 391. The maximum absolute atomic E-state index is 5.69. The topological polar surface area (TPSA) is 51.6 Å². The SMILES string of the molecule is Clc1cc(Sc2nncs2)ncn1. The summed E-state index contributed by atoms with van der Waals surface area (Å²) in [6, 6.07) is 1.69. The molecule has 2 aromatic heterocycles. The van der Waals surface area contributed by atoms with Crippen molar-refractivity contribution in [2.75, 3.05) is 0 Å². The minimum atomic E-state index is 0.432. The zero-order chi connectivity index (χ0) is 9.10. The first kappa shape index (κ1) is 8.86. The molecule has 13 heavy (non-hydrogen) atoms. The monoisotopic (exact) mass is 230 g/mol. The van der Waals surface area contributed by atoms with Crippen LogP contribution in [0.3, 0.4) is 0 Å². The van der Waals surface area contributed by atoms with Gasteiger partial charge in [-0.3, -0.25) is 0 Å². The molecule has 0 aliphatic heterocycles. The van der Waals surface area contributed by atoms with Crippen LogP contribution in [0.25, 0.3) is 0 Å². The third-order valence-electron chi connectivity index (χ3n) is 1.14. The highest BCUT2D eigenvalue weighted by Gasteiger charge is 2.02. The van der Waals surface area contributed by atoms with Gasteiger partial charge in [-0.05, 0) is 11.8 Å². The van der Waals surface area contributed by atoms with Crippen molar-refractivity contribution in [1.82, 2.24) is 20.2 Å². The van der Waals surface area contributed by atoms with E-state index in [-0.39, 0.29) is 0 Å². The number of rotatable bonds is 2. The van der Waals surface area contributed by atoms with Crippen molar-refractivity contribution in [1.29, 1.82) is 0 Å². The molecule has 0 bridgehead atoms. The van der Waals surface area contributed by atoms with E-state index in [4.69, 9.17) is 11.6 Å². The van der Waals surface area contributed by atoms with E-state index in [0.29, 0.717) is 5.15 Å². The maximum Gasteiger partial charge on any atom is 0.180 e. The second kappa shape index (κ2) is 3.99. The van der Waals surface area contributed by atoms with Crippen molar-refractivity contribution in [3.63, 3.8) is 0 Å². The lowest BCUT2D eigenvalue weighted by Crippen LogP contribution is -1.82. The van der Waals surface area contributed by atoms with Crippen LogP contribution in [0.5, 0.6) is 0 Å². The Morgan fingerprint density at radius 1 is 1.38 bits per heavy atom. The van der Waals surface area contributed by atoms with E-state index in [0.717, 1.165) is 9.37 Å². The summed E-state index contributed by atoms with van der Waals surface area (Å²) < 4.78 is 0.842. The van der Waals surface area contributed by atoms with Crippen LogP contribution in [-0.2, 0) is 0 Å². The maximum atomic E-state index is 5.69. The third kappa shape index (κ3) is 2.36. The zero-order valence-corrected chi connectivity index (χ0v) is 8.60. The summed E-state index contributed by atoms with van der Waals surface area (Å²) in [5, 5.41) is 8.79. The Kier molecular flexibility index (Phi) is 2.72. The molecule has 7 heteroatoms. The summed E-state index contributed by atoms with van der Waals surface area (Å²) in [6.07, 6.45) is 1.42. The highest BCUT2D eigenvalue weighted by Crippen LogP contribution is 2.27. The first-order valence-electron chi connectivity index (χ1n) is 3.26. The van der Waals surface area contributed by atoms with Crippen LogP contribution in [0, 0.1) is 0 Å². The predicted molar refractivity (Wildman–Crippen MR) is 51.1 cm³/mol. The van der Waals surface area contributed by atoms with E-state index in [1.807, 2.05) is 0 Å². The number of halogens is 1. The molecule has 0 saturated carbocycles. The van der Waals surface area contributed by atoms with E-state index in [9.17, 15) is 0 Å². The fourth-order valence-electron chi connectivity index (χ4n) is 0.670. The first-order valence-corrected chi connectivity index (χ1v) is 5.33. The molecule has 0 fully saturated rings. The average Bonchev–Trinajstić information content (AvgIpc) is 2.57. The van der Waals surface area contributed by atoms with Gasteiger partial charge in [-0.1, -0.05) is 22.9 Å². The van der Waals surface area contributed by atoms with E-state index < -0.39 is 0 Å². The molecule has 0 N–H and O–H groups in total. The summed E-state index contributed by atoms with van der Waals surface area (Å²) in [4.78, 5) is 7.80. The molecule has 66 valence electrons. The lowest BCUT2D eigenvalue weighted by atomic mass is 10.7. The van der Waals surface area contributed by atoms with E-state index in [2.05, 4.69) is 20.2 Å². The zero-order valence-electron chi connectivity index (χ0n) is 6.22. The van der Waals surface area contributed by atoms with Crippen LogP contribution in [-0.4, -0.2) is 20.2 Å². The lowest BCUT2D eigenvalue weighted by Gasteiger charge is -1.94. The van der Waals surface area contributed by atoms with Gasteiger partial charge in [0.15, 0.2) is 4.34 Å².